The van der Waals surface area contributed by atoms with Gasteiger partial charge in [-0.1, -0.05) is 401 Å². The van der Waals surface area contributed by atoms with E-state index in [-0.39, 0.29) is 32.0 Å². The highest BCUT2D eigenvalue weighted by atomic mass is 31.2. The van der Waals surface area contributed by atoms with E-state index >= 15 is 0 Å². The highest BCUT2D eigenvalue weighted by Crippen LogP contribution is 2.38. The summed E-state index contributed by atoms with van der Waals surface area (Å²) in [4.78, 5) is 38.2. The molecule has 10 heteroatoms. The summed E-state index contributed by atoms with van der Waals surface area (Å²) in [5, 5.41) is 0. The Hall–Kier alpha value is -2.55. The lowest BCUT2D eigenvalue weighted by atomic mass is 10.0. The molecular formula is C85H158NO8P. The van der Waals surface area contributed by atoms with E-state index in [1.165, 1.54) is 295 Å². The number of ether oxygens (including phenoxy) is 2. The van der Waals surface area contributed by atoms with Crippen LogP contribution in [0.2, 0.25) is 0 Å². The van der Waals surface area contributed by atoms with Crippen LogP contribution in [0.25, 0.3) is 0 Å². The summed E-state index contributed by atoms with van der Waals surface area (Å²) in [6.45, 7) is 4.20. The van der Waals surface area contributed by atoms with Gasteiger partial charge in [0.1, 0.15) is 19.8 Å². The van der Waals surface area contributed by atoms with Gasteiger partial charge in [-0.3, -0.25) is 14.2 Å². The maximum atomic E-state index is 12.9. The van der Waals surface area contributed by atoms with Gasteiger partial charge in [-0.05, 0) is 64.2 Å². The lowest BCUT2D eigenvalue weighted by Crippen LogP contribution is -2.37. The maximum absolute atomic E-state index is 12.9. The number of likely N-dealkylation sites (N-methyl/N-ethyl adjacent to an activating group) is 1. The molecule has 0 radical (unpaired) electrons. The number of rotatable bonds is 77. The summed E-state index contributed by atoms with van der Waals surface area (Å²) in [6, 6.07) is 0. The molecule has 0 aromatic rings. The van der Waals surface area contributed by atoms with Gasteiger partial charge in [0.15, 0.2) is 6.10 Å². The summed E-state index contributed by atoms with van der Waals surface area (Å²) in [7, 11) is 1.19. The number of unbranched alkanes of at least 4 members (excludes halogenated alkanes) is 51. The number of carbonyl (C=O) groups excluding carboxylic acids is 2. The molecule has 0 aliphatic rings. The van der Waals surface area contributed by atoms with E-state index in [1.807, 2.05) is 21.1 Å². The second kappa shape index (κ2) is 75.6. The van der Waals surface area contributed by atoms with E-state index in [1.54, 1.807) is 0 Å². The molecule has 0 amide bonds. The second-order valence-electron chi connectivity index (χ2n) is 29.1. The molecule has 0 saturated heterocycles. The van der Waals surface area contributed by atoms with Crippen molar-refractivity contribution in [2.45, 2.75) is 412 Å². The average molecular weight is 1350 g/mol. The van der Waals surface area contributed by atoms with Gasteiger partial charge in [-0.2, -0.15) is 0 Å². The van der Waals surface area contributed by atoms with Gasteiger partial charge in [0.25, 0.3) is 7.82 Å². The number of phosphoric acid groups is 1. The van der Waals surface area contributed by atoms with E-state index in [0.717, 1.165) is 77.0 Å². The van der Waals surface area contributed by atoms with Crippen molar-refractivity contribution in [3.8, 4) is 0 Å². The van der Waals surface area contributed by atoms with E-state index in [4.69, 9.17) is 18.5 Å². The molecule has 0 spiro atoms. The standard InChI is InChI=1S/C85H158NO8P/c1-6-8-10-12-14-16-18-20-22-24-26-28-30-32-34-36-38-40-42-43-44-46-48-50-52-54-56-58-60-62-64-66-68-70-72-74-76-78-85(88)94-83(82-93-95(89,90)92-80-79-86(3,4)5)81-91-84(87)77-75-73-71-69-67-65-63-61-59-57-55-53-51-49-47-45-41-39-37-35-33-31-29-27-25-23-21-19-17-15-13-11-9-7-2/h8,10,14,16,20,22,26,28,32,34,38,40,83H,6-7,9,11-13,15,17-19,21,23-25,27,29-31,33,35-37,39,41-82H2,1-5H3/b10-8-,16-14-,22-20-,28-26-,34-32-,40-38-. The van der Waals surface area contributed by atoms with Crippen molar-refractivity contribution in [3.63, 3.8) is 0 Å². The Morgan fingerprint density at radius 2 is 0.600 bits per heavy atom. The lowest BCUT2D eigenvalue weighted by molar-refractivity contribution is -0.870. The second-order valence-corrected chi connectivity index (χ2v) is 30.5. The maximum Gasteiger partial charge on any atom is 0.306 e. The minimum atomic E-state index is -4.65. The zero-order chi connectivity index (χ0) is 69.0. The van der Waals surface area contributed by atoms with Crippen LogP contribution in [0.15, 0.2) is 72.9 Å². The van der Waals surface area contributed by atoms with Crippen molar-refractivity contribution in [2.75, 3.05) is 47.5 Å². The molecule has 9 nitrogen and oxygen atoms in total. The number of quaternary nitrogens is 1. The van der Waals surface area contributed by atoms with Crippen LogP contribution in [0, 0.1) is 0 Å². The first-order chi connectivity index (χ1) is 46.5. The van der Waals surface area contributed by atoms with Gasteiger partial charge in [0, 0.05) is 12.8 Å². The van der Waals surface area contributed by atoms with Crippen molar-refractivity contribution >= 4 is 19.8 Å². The van der Waals surface area contributed by atoms with Gasteiger partial charge in [-0.15, -0.1) is 0 Å². The first-order valence-corrected chi connectivity index (χ1v) is 42.6. The van der Waals surface area contributed by atoms with E-state index in [2.05, 4.69) is 86.8 Å². The predicted molar refractivity (Wildman–Crippen MR) is 411 cm³/mol. The monoisotopic (exact) mass is 1350 g/mol. The topological polar surface area (TPSA) is 111 Å². The molecule has 2 atom stereocenters. The number of nitrogens with zero attached hydrogens (tertiary/aromatic N) is 1. The summed E-state index contributed by atoms with van der Waals surface area (Å²) in [6.07, 6.45) is 103. The molecule has 556 valence electrons. The van der Waals surface area contributed by atoms with Crippen molar-refractivity contribution in [1.29, 1.82) is 0 Å². The van der Waals surface area contributed by atoms with Crippen molar-refractivity contribution < 1.29 is 42.1 Å². The Labute approximate surface area is 590 Å². The number of carbonyl (C=O) groups is 2. The molecule has 95 heavy (non-hydrogen) atoms. The molecule has 2 unspecified atom stereocenters. The largest absolute Gasteiger partial charge is 0.756 e. The smallest absolute Gasteiger partial charge is 0.306 e. The third-order valence-electron chi connectivity index (χ3n) is 18.5. The quantitative estimate of drug-likeness (QED) is 0.0195. The number of hydrogen-bond donors (Lipinski definition) is 0. The predicted octanol–water partition coefficient (Wildman–Crippen LogP) is 26.8. The van der Waals surface area contributed by atoms with E-state index < -0.39 is 26.5 Å². The average Bonchev–Trinajstić information content (AvgIpc) is 1.80. The van der Waals surface area contributed by atoms with Crippen LogP contribution in [-0.2, 0) is 32.7 Å². The summed E-state index contributed by atoms with van der Waals surface area (Å²) >= 11 is 0. The Balaban J connectivity index is 3.91. The molecule has 0 saturated carbocycles. The zero-order valence-electron chi connectivity index (χ0n) is 63.6. The minimum absolute atomic E-state index is 0.0292. The Morgan fingerprint density at radius 1 is 0.337 bits per heavy atom. The fourth-order valence-electron chi connectivity index (χ4n) is 12.3. The van der Waals surface area contributed by atoms with Crippen LogP contribution in [-0.4, -0.2) is 70.0 Å². The van der Waals surface area contributed by atoms with Crippen molar-refractivity contribution in [3.05, 3.63) is 72.9 Å². The molecule has 0 rings (SSSR count). The zero-order valence-corrected chi connectivity index (χ0v) is 64.5. The summed E-state index contributed by atoms with van der Waals surface area (Å²) < 4.78 is 34.4. The van der Waals surface area contributed by atoms with E-state index in [0.29, 0.717) is 17.4 Å². The minimum Gasteiger partial charge on any atom is -0.756 e. The fourth-order valence-corrected chi connectivity index (χ4v) is 13.0. The molecule has 0 fully saturated rings. The molecule has 0 aromatic carbocycles. The highest BCUT2D eigenvalue weighted by Gasteiger charge is 2.22. The molecule has 0 aliphatic carbocycles. The van der Waals surface area contributed by atoms with Crippen LogP contribution in [0.4, 0.5) is 0 Å². The van der Waals surface area contributed by atoms with Gasteiger partial charge in [-0.25, -0.2) is 0 Å². The van der Waals surface area contributed by atoms with Crippen LogP contribution in [0.1, 0.15) is 406 Å². The van der Waals surface area contributed by atoms with Gasteiger partial charge in [0.05, 0.1) is 27.7 Å². The van der Waals surface area contributed by atoms with Crippen LogP contribution >= 0.6 is 7.82 Å². The fraction of sp³-hybridized carbons (Fsp3) is 0.835. The normalized spacial score (nSPS) is 13.4. The summed E-state index contributed by atoms with van der Waals surface area (Å²) in [5.74, 6) is -0.811. The summed E-state index contributed by atoms with van der Waals surface area (Å²) in [5.41, 5.74) is 0. The molecular weight excluding hydrogens is 1190 g/mol. The number of hydrogen-bond acceptors (Lipinski definition) is 8. The molecule has 0 heterocycles. The van der Waals surface area contributed by atoms with Crippen LogP contribution < -0.4 is 4.89 Å². The molecule has 0 N–H and O–H groups in total. The Kier molecular flexibility index (Phi) is 73.6. The van der Waals surface area contributed by atoms with Gasteiger partial charge < -0.3 is 27.9 Å². The third kappa shape index (κ3) is 80.3. The van der Waals surface area contributed by atoms with Crippen LogP contribution in [0.5, 0.6) is 0 Å². The molecule has 0 aliphatic heterocycles. The number of esters is 2. The highest BCUT2D eigenvalue weighted by molar-refractivity contribution is 7.45. The first-order valence-electron chi connectivity index (χ1n) is 41.1. The molecule has 0 aromatic heterocycles. The van der Waals surface area contributed by atoms with Gasteiger partial charge >= 0.3 is 11.9 Å². The van der Waals surface area contributed by atoms with E-state index in [9.17, 15) is 19.0 Å². The van der Waals surface area contributed by atoms with Gasteiger partial charge in [0.2, 0.25) is 0 Å². The Bertz CT molecular complexity index is 1830. The number of phosphoric ester groups is 1. The first kappa shape index (κ1) is 92.4. The van der Waals surface area contributed by atoms with Crippen molar-refractivity contribution in [1.82, 2.24) is 0 Å². The number of allylic oxidation sites excluding steroid dienone is 12. The van der Waals surface area contributed by atoms with Crippen LogP contribution in [0.3, 0.4) is 0 Å². The Morgan fingerprint density at radius 3 is 0.895 bits per heavy atom. The third-order valence-corrected chi connectivity index (χ3v) is 19.5. The lowest BCUT2D eigenvalue weighted by Gasteiger charge is -2.28. The SMILES string of the molecule is CC/C=C\C/C=C\C/C=C\C/C=C\C/C=C\C/C=C\CCCCCCCCCCCCCCCCCCCCC(=O)OC(COC(=O)CCCCCCCCCCCCCCCCCCCCCCCCCCCCCCCCCCCC)COP(=O)([O-])OCC[N+](C)(C)C. The van der Waals surface area contributed by atoms with Crippen molar-refractivity contribution in [2.24, 2.45) is 0 Å². The molecule has 0 bridgehead atoms.